The molecule has 0 saturated carbocycles. The van der Waals surface area contributed by atoms with Crippen molar-refractivity contribution in [2.45, 2.75) is 25.5 Å². The quantitative estimate of drug-likeness (QED) is 0.504. The molecular formula is C24H25N5O3. The highest BCUT2D eigenvalue weighted by atomic mass is 16.3. The van der Waals surface area contributed by atoms with E-state index >= 15 is 0 Å². The molecule has 1 aromatic carbocycles. The number of aromatic nitrogens is 3. The number of anilines is 1. The third-order valence-electron chi connectivity index (χ3n) is 6.08. The Bertz CT molecular complexity index is 1240. The normalized spacial score (nSPS) is 14.8. The van der Waals surface area contributed by atoms with Crippen molar-refractivity contribution in [1.82, 2.24) is 20.1 Å². The summed E-state index contributed by atoms with van der Waals surface area (Å²) < 4.78 is 7.25. The molecule has 5 rings (SSSR count). The Hall–Kier alpha value is -3.65. The second-order valence-corrected chi connectivity index (χ2v) is 8.08. The van der Waals surface area contributed by atoms with Crippen molar-refractivity contribution >= 4 is 22.7 Å². The Morgan fingerprint density at radius 3 is 2.72 bits per heavy atom. The highest BCUT2D eigenvalue weighted by molar-refractivity contribution is 5.96. The number of furan rings is 1. The van der Waals surface area contributed by atoms with Crippen LogP contribution >= 0.6 is 0 Å². The van der Waals surface area contributed by atoms with Crippen LogP contribution in [0.4, 0.5) is 5.82 Å². The van der Waals surface area contributed by atoms with Crippen molar-refractivity contribution in [1.29, 1.82) is 0 Å². The van der Waals surface area contributed by atoms with Crippen LogP contribution in [0.15, 0.2) is 59.5 Å². The molecule has 0 atom stereocenters. The summed E-state index contributed by atoms with van der Waals surface area (Å²) in [6, 6.07) is 11.4. The molecule has 4 aromatic rings. The number of hydrogen-bond donors (Lipinski definition) is 2. The van der Waals surface area contributed by atoms with E-state index in [9.17, 15) is 9.90 Å². The van der Waals surface area contributed by atoms with Gasteiger partial charge in [0.25, 0.3) is 5.91 Å². The molecule has 1 saturated heterocycles. The van der Waals surface area contributed by atoms with E-state index in [2.05, 4.69) is 20.3 Å². The molecule has 0 aliphatic carbocycles. The average molecular weight is 431 g/mol. The van der Waals surface area contributed by atoms with E-state index in [1.165, 1.54) is 0 Å². The standard InChI is InChI=1S/C24H25N5O3/c1-28-24(18(15-30)14-26-28)29-11-7-19(8-12-29)27-23(31)17-4-2-16(3-5-17)22-20-9-13-32-21(20)6-10-25-22/h2-6,9-10,13-14,19,30H,7-8,11-12,15H2,1H3,(H,27,31). The number of fused-ring (bicyclic) bond motifs is 1. The summed E-state index contributed by atoms with van der Waals surface area (Å²) in [5.74, 6) is 0.884. The molecule has 1 aliphatic rings. The first-order valence-electron chi connectivity index (χ1n) is 10.7. The predicted molar refractivity (Wildman–Crippen MR) is 121 cm³/mol. The molecule has 32 heavy (non-hydrogen) atoms. The zero-order valence-corrected chi connectivity index (χ0v) is 17.9. The first-order chi connectivity index (χ1) is 15.6. The summed E-state index contributed by atoms with van der Waals surface area (Å²) >= 11 is 0. The second-order valence-electron chi connectivity index (χ2n) is 8.08. The minimum atomic E-state index is -0.0685. The number of hydrogen-bond acceptors (Lipinski definition) is 6. The summed E-state index contributed by atoms with van der Waals surface area (Å²) in [4.78, 5) is 19.5. The lowest BCUT2D eigenvalue weighted by Crippen LogP contribution is -2.45. The monoisotopic (exact) mass is 431 g/mol. The van der Waals surface area contributed by atoms with Crippen molar-refractivity contribution in [3.05, 3.63) is 66.2 Å². The van der Waals surface area contributed by atoms with Gasteiger partial charge in [0.15, 0.2) is 0 Å². The van der Waals surface area contributed by atoms with Gasteiger partial charge in [-0.25, -0.2) is 0 Å². The van der Waals surface area contributed by atoms with E-state index in [1.54, 1.807) is 23.3 Å². The highest BCUT2D eigenvalue weighted by Crippen LogP contribution is 2.27. The third kappa shape index (κ3) is 3.73. The van der Waals surface area contributed by atoms with Gasteiger partial charge >= 0.3 is 0 Å². The van der Waals surface area contributed by atoms with Gasteiger partial charge in [-0.15, -0.1) is 0 Å². The van der Waals surface area contributed by atoms with Crippen LogP contribution in [-0.4, -0.2) is 44.9 Å². The van der Waals surface area contributed by atoms with E-state index < -0.39 is 0 Å². The van der Waals surface area contributed by atoms with Gasteiger partial charge in [0, 0.05) is 54.5 Å². The molecule has 0 radical (unpaired) electrons. The van der Waals surface area contributed by atoms with E-state index in [1.807, 2.05) is 43.4 Å². The Morgan fingerprint density at radius 2 is 1.97 bits per heavy atom. The van der Waals surface area contributed by atoms with Crippen LogP contribution in [0.1, 0.15) is 28.8 Å². The third-order valence-corrected chi connectivity index (χ3v) is 6.08. The van der Waals surface area contributed by atoms with Gasteiger partial charge in [-0.1, -0.05) is 12.1 Å². The number of carbonyl (C=O) groups excluding carboxylic acids is 1. The fourth-order valence-electron chi connectivity index (χ4n) is 4.40. The van der Waals surface area contributed by atoms with Crippen LogP contribution in [0, 0.1) is 0 Å². The second kappa shape index (κ2) is 8.47. The summed E-state index contributed by atoms with van der Waals surface area (Å²) in [7, 11) is 1.88. The molecule has 0 spiro atoms. The van der Waals surface area contributed by atoms with Crippen molar-refractivity contribution < 1.29 is 14.3 Å². The van der Waals surface area contributed by atoms with Gasteiger partial charge < -0.3 is 19.7 Å². The summed E-state index contributed by atoms with van der Waals surface area (Å²) in [6.07, 6.45) is 6.76. The summed E-state index contributed by atoms with van der Waals surface area (Å²) in [6.45, 7) is 1.58. The minimum Gasteiger partial charge on any atom is -0.464 e. The number of piperidine rings is 1. The molecule has 8 nitrogen and oxygen atoms in total. The van der Waals surface area contributed by atoms with Crippen LogP contribution in [-0.2, 0) is 13.7 Å². The van der Waals surface area contributed by atoms with Gasteiger partial charge in [0.1, 0.15) is 11.4 Å². The number of nitrogens with one attached hydrogen (secondary N) is 1. The van der Waals surface area contributed by atoms with E-state index in [4.69, 9.17) is 4.42 Å². The van der Waals surface area contributed by atoms with Gasteiger partial charge in [0.2, 0.25) is 0 Å². The molecule has 164 valence electrons. The molecule has 2 N–H and O–H groups in total. The first kappa shape index (κ1) is 20.3. The number of aliphatic hydroxyl groups excluding tert-OH is 1. The fraction of sp³-hybridized carbons (Fsp3) is 0.292. The summed E-state index contributed by atoms with van der Waals surface area (Å²) in [5, 5.41) is 17.9. The highest BCUT2D eigenvalue weighted by Gasteiger charge is 2.24. The van der Waals surface area contributed by atoms with Crippen molar-refractivity contribution in [3.8, 4) is 11.3 Å². The Balaban J connectivity index is 1.22. The van der Waals surface area contributed by atoms with Gasteiger partial charge in [-0.3, -0.25) is 14.5 Å². The van der Waals surface area contributed by atoms with Gasteiger partial charge in [-0.2, -0.15) is 5.10 Å². The van der Waals surface area contributed by atoms with Crippen LogP contribution in [0.25, 0.3) is 22.2 Å². The molecule has 1 amide bonds. The van der Waals surface area contributed by atoms with Crippen molar-refractivity contribution in [2.75, 3.05) is 18.0 Å². The zero-order chi connectivity index (χ0) is 22.1. The van der Waals surface area contributed by atoms with Gasteiger partial charge in [-0.05, 0) is 37.1 Å². The smallest absolute Gasteiger partial charge is 0.251 e. The van der Waals surface area contributed by atoms with Crippen molar-refractivity contribution in [3.63, 3.8) is 0 Å². The van der Waals surface area contributed by atoms with Crippen LogP contribution in [0.2, 0.25) is 0 Å². The minimum absolute atomic E-state index is 0.0273. The van der Waals surface area contributed by atoms with Crippen LogP contribution in [0.5, 0.6) is 0 Å². The topological polar surface area (TPSA) is 96.4 Å². The fourth-order valence-corrected chi connectivity index (χ4v) is 4.40. The number of nitrogens with zero attached hydrogens (tertiary/aromatic N) is 4. The number of rotatable bonds is 5. The summed E-state index contributed by atoms with van der Waals surface area (Å²) in [5.41, 5.74) is 4.03. The Labute approximate surface area is 185 Å². The maximum absolute atomic E-state index is 12.8. The lowest BCUT2D eigenvalue weighted by atomic mass is 10.0. The molecule has 4 heterocycles. The average Bonchev–Trinajstić information content (AvgIpc) is 3.46. The molecule has 3 aromatic heterocycles. The maximum Gasteiger partial charge on any atom is 0.251 e. The van der Waals surface area contributed by atoms with Crippen molar-refractivity contribution in [2.24, 2.45) is 7.05 Å². The maximum atomic E-state index is 12.8. The molecule has 0 bridgehead atoms. The number of pyridine rings is 1. The number of carbonyl (C=O) groups is 1. The number of aryl methyl sites for hydroxylation is 1. The zero-order valence-electron chi connectivity index (χ0n) is 17.9. The molecule has 0 unspecified atom stereocenters. The number of amides is 1. The lowest BCUT2D eigenvalue weighted by Gasteiger charge is -2.34. The van der Waals surface area contributed by atoms with E-state index in [-0.39, 0.29) is 18.6 Å². The van der Waals surface area contributed by atoms with E-state index in [0.29, 0.717) is 5.56 Å². The SMILES string of the molecule is Cn1ncc(CO)c1N1CCC(NC(=O)c2ccc(-c3nccc4occc34)cc2)CC1. The van der Waals surface area contributed by atoms with Crippen LogP contribution in [0.3, 0.4) is 0 Å². The molecular weight excluding hydrogens is 406 g/mol. The number of aliphatic hydroxyl groups is 1. The van der Waals surface area contributed by atoms with E-state index in [0.717, 1.165) is 59.5 Å². The molecule has 8 heteroatoms. The molecule has 1 aliphatic heterocycles. The predicted octanol–water partition coefficient (Wildman–Crippen LogP) is 3.12. The van der Waals surface area contributed by atoms with Crippen LogP contribution < -0.4 is 10.2 Å². The largest absolute Gasteiger partial charge is 0.464 e. The molecule has 1 fully saturated rings. The first-order valence-corrected chi connectivity index (χ1v) is 10.7. The Morgan fingerprint density at radius 1 is 1.19 bits per heavy atom. The number of benzene rings is 1. The Kier molecular flexibility index (Phi) is 5.36. The lowest BCUT2D eigenvalue weighted by molar-refractivity contribution is 0.0931. The van der Waals surface area contributed by atoms with Gasteiger partial charge in [0.05, 0.1) is 24.8 Å².